The molecule has 40 heavy (non-hydrogen) atoms. The van der Waals surface area contributed by atoms with E-state index < -0.39 is 29.7 Å². The van der Waals surface area contributed by atoms with Crippen LogP contribution in [-0.2, 0) is 43.0 Å². The zero-order valence-electron chi connectivity index (χ0n) is 25.2. The molecule has 0 fully saturated rings. The Morgan fingerprint density at radius 2 is 1.38 bits per heavy atom. The van der Waals surface area contributed by atoms with Crippen LogP contribution in [0.15, 0.2) is 29.5 Å². The van der Waals surface area contributed by atoms with Gasteiger partial charge >= 0.3 is 12.1 Å². The number of hydrogen-bond acceptors (Lipinski definition) is 7. The van der Waals surface area contributed by atoms with E-state index in [4.69, 9.17) is 4.74 Å². The molecule has 1 amide bonds. The SMILES string of the molecule is CCC(CC)C(=O)Cn1ccn(CC(=O)c2cc(C(C)(C)C)c(O)c(C(C)(C)C)c2)/c1=N\C(=O)OCOC(C)=O. The molecule has 0 aliphatic rings. The van der Waals surface area contributed by atoms with E-state index in [1.807, 2.05) is 55.4 Å². The van der Waals surface area contributed by atoms with Gasteiger partial charge in [0, 0.05) is 41.9 Å². The maximum absolute atomic E-state index is 13.6. The molecule has 0 aliphatic carbocycles. The van der Waals surface area contributed by atoms with Gasteiger partial charge in [0.25, 0.3) is 0 Å². The second-order valence-corrected chi connectivity index (χ2v) is 12.0. The number of aromatic nitrogens is 2. The topological polar surface area (TPSA) is 129 Å². The van der Waals surface area contributed by atoms with Crippen molar-refractivity contribution in [3.63, 3.8) is 0 Å². The molecule has 0 saturated heterocycles. The first-order valence-corrected chi connectivity index (χ1v) is 13.5. The zero-order valence-corrected chi connectivity index (χ0v) is 25.2. The average Bonchev–Trinajstić information content (AvgIpc) is 3.18. The number of imidazole rings is 1. The van der Waals surface area contributed by atoms with E-state index in [-0.39, 0.29) is 41.9 Å². The number of rotatable bonds is 10. The van der Waals surface area contributed by atoms with Crippen molar-refractivity contribution in [2.75, 3.05) is 6.79 Å². The summed E-state index contributed by atoms with van der Waals surface area (Å²) in [5.41, 5.74) is 0.925. The molecule has 1 aromatic carbocycles. The molecule has 1 heterocycles. The Kier molecular flexibility index (Phi) is 10.7. The molecule has 10 heteroatoms. The first-order chi connectivity index (χ1) is 18.5. The molecule has 0 saturated carbocycles. The van der Waals surface area contributed by atoms with Crippen molar-refractivity contribution in [3.05, 3.63) is 46.8 Å². The second kappa shape index (κ2) is 13.1. The number of phenols is 1. The van der Waals surface area contributed by atoms with Crippen LogP contribution >= 0.6 is 0 Å². The minimum absolute atomic E-state index is 0.0213. The highest BCUT2D eigenvalue weighted by atomic mass is 16.7. The van der Waals surface area contributed by atoms with Crippen LogP contribution in [0, 0.1) is 5.92 Å². The predicted molar refractivity (Wildman–Crippen MR) is 150 cm³/mol. The summed E-state index contributed by atoms with van der Waals surface area (Å²) >= 11 is 0. The number of benzene rings is 1. The van der Waals surface area contributed by atoms with Gasteiger partial charge in [-0.2, -0.15) is 0 Å². The first-order valence-electron chi connectivity index (χ1n) is 13.5. The van der Waals surface area contributed by atoms with Gasteiger partial charge in [-0.05, 0) is 35.8 Å². The number of phenolic OH excluding ortho intramolecular Hbond substituents is 1. The van der Waals surface area contributed by atoms with E-state index in [1.54, 1.807) is 24.5 Å². The van der Waals surface area contributed by atoms with Crippen molar-refractivity contribution in [1.82, 2.24) is 9.13 Å². The Balaban J connectivity index is 2.55. The Hall–Kier alpha value is -3.69. The van der Waals surface area contributed by atoms with Crippen molar-refractivity contribution in [2.45, 2.75) is 99.1 Å². The number of amides is 1. The van der Waals surface area contributed by atoms with Crippen LogP contribution in [0.1, 0.15) is 96.6 Å². The molecule has 1 N–H and O–H groups in total. The number of hydrogen-bond donors (Lipinski definition) is 1. The van der Waals surface area contributed by atoms with Crippen molar-refractivity contribution >= 4 is 23.6 Å². The number of ether oxygens (including phenoxy) is 2. The van der Waals surface area contributed by atoms with Crippen molar-refractivity contribution in [1.29, 1.82) is 0 Å². The third-order valence-corrected chi connectivity index (χ3v) is 6.71. The number of ketones is 2. The van der Waals surface area contributed by atoms with Crippen LogP contribution < -0.4 is 5.62 Å². The second-order valence-electron chi connectivity index (χ2n) is 12.0. The lowest BCUT2D eigenvalue weighted by molar-refractivity contribution is -0.148. The molecule has 2 aromatic rings. The summed E-state index contributed by atoms with van der Waals surface area (Å²) in [6.45, 7) is 16.0. The van der Waals surface area contributed by atoms with E-state index >= 15 is 0 Å². The molecule has 0 spiro atoms. The molecule has 1 aromatic heterocycles. The van der Waals surface area contributed by atoms with Gasteiger partial charge in [0.05, 0.1) is 13.1 Å². The van der Waals surface area contributed by atoms with Gasteiger partial charge in [-0.3, -0.25) is 14.4 Å². The van der Waals surface area contributed by atoms with Crippen molar-refractivity contribution < 1.29 is 33.8 Å². The number of carbonyl (C=O) groups excluding carboxylic acids is 4. The molecule has 0 unspecified atom stereocenters. The minimum atomic E-state index is -1.04. The highest BCUT2D eigenvalue weighted by Gasteiger charge is 2.28. The molecule has 0 radical (unpaired) electrons. The Labute approximate surface area is 236 Å². The third-order valence-electron chi connectivity index (χ3n) is 6.71. The van der Waals surface area contributed by atoms with Crippen LogP contribution in [-0.4, -0.2) is 44.7 Å². The van der Waals surface area contributed by atoms with Gasteiger partial charge in [-0.25, -0.2) is 4.79 Å². The van der Waals surface area contributed by atoms with Gasteiger partial charge in [-0.1, -0.05) is 55.4 Å². The molecule has 220 valence electrons. The summed E-state index contributed by atoms with van der Waals surface area (Å²) < 4.78 is 12.5. The lowest BCUT2D eigenvalue weighted by atomic mass is 9.78. The maximum Gasteiger partial charge on any atom is 0.439 e. The number of esters is 1. The van der Waals surface area contributed by atoms with E-state index in [2.05, 4.69) is 9.73 Å². The predicted octanol–water partition coefficient (Wildman–Crippen LogP) is 5.04. The number of carbonyl (C=O) groups is 4. The fraction of sp³-hybridized carbons (Fsp3) is 0.567. The molecule has 0 bridgehead atoms. The highest BCUT2D eigenvalue weighted by molar-refractivity contribution is 5.96. The van der Waals surface area contributed by atoms with Crippen LogP contribution in [0.5, 0.6) is 5.75 Å². The lowest BCUT2D eigenvalue weighted by Crippen LogP contribution is -2.33. The standard InChI is InChI=1S/C30H43N3O7/c1-10-20(11-2)24(35)16-32-12-13-33(27(32)31-28(38)40-18-39-19(3)34)17-25(36)21-14-22(29(4,5)6)26(37)23(15-21)30(7,8)9/h12-15,20,37H,10-11,16-18H2,1-9H3/b31-27-. The van der Waals surface area contributed by atoms with Gasteiger partial charge in [0.1, 0.15) is 5.75 Å². The van der Waals surface area contributed by atoms with Crippen molar-refractivity contribution in [2.24, 2.45) is 10.9 Å². The van der Waals surface area contributed by atoms with Gasteiger partial charge in [0.2, 0.25) is 12.4 Å². The number of nitrogens with zero attached hydrogens (tertiary/aromatic N) is 3. The van der Waals surface area contributed by atoms with E-state index in [0.29, 0.717) is 29.5 Å². The van der Waals surface area contributed by atoms with Crippen molar-refractivity contribution in [3.8, 4) is 5.75 Å². The summed E-state index contributed by atoms with van der Waals surface area (Å²) in [5.74, 6) is -0.890. The van der Waals surface area contributed by atoms with Crippen LogP contribution in [0.4, 0.5) is 4.79 Å². The summed E-state index contributed by atoms with van der Waals surface area (Å²) in [5, 5.41) is 11.0. The number of Topliss-reactive ketones (excluding diaryl/α,β-unsaturated/α-hetero) is 2. The van der Waals surface area contributed by atoms with E-state index in [0.717, 1.165) is 0 Å². The zero-order chi connectivity index (χ0) is 30.4. The Morgan fingerprint density at radius 3 is 1.82 bits per heavy atom. The first kappa shape index (κ1) is 32.5. The Morgan fingerprint density at radius 1 is 0.875 bits per heavy atom. The summed E-state index contributed by atoms with van der Waals surface area (Å²) in [6.07, 6.45) is 3.49. The summed E-state index contributed by atoms with van der Waals surface area (Å²) in [4.78, 5) is 53.9. The van der Waals surface area contributed by atoms with Crippen LogP contribution in [0.2, 0.25) is 0 Å². The molecular weight excluding hydrogens is 514 g/mol. The third kappa shape index (κ3) is 8.40. The molecule has 10 nitrogen and oxygen atoms in total. The minimum Gasteiger partial charge on any atom is -0.507 e. The fourth-order valence-electron chi connectivity index (χ4n) is 4.34. The summed E-state index contributed by atoms with van der Waals surface area (Å²) in [6, 6.07) is 3.40. The fourth-order valence-corrected chi connectivity index (χ4v) is 4.34. The molecule has 0 atom stereocenters. The molecular formula is C30H43N3O7. The van der Waals surface area contributed by atoms with Crippen LogP contribution in [0.25, 0.3) is 0 Å². The van der Waals surface area contributed by atoms with E-state index in [1.165, 1.54) is 16.1 Å². The smallest absolute Gasteiger partial charge is 0.439 e. The van der Waals surface area contributed by atoms with Crippen LogP contribution in [0.3, 0.4) is 0 Å². The summed E-state index contributed by atoms with van der Waals surface area (Å²) in [7, 11) is 0. The highest BCUT2D eigenvalue weighted by Crippen LogP contribution is 2.39. The molecule has 2 rings (SSSR count). The quantitative estimate of drug-likeness (QED) is 0.246. The lowest BCUT2D eigenvalue weighted by Gasteiger charge is -2.28. The Bertz CT molecular complexity index is 1280. The maximum atomic E-state index is 13.6. The van der Waals surface area contributed by atoms with Gasteiger partial charge in [-0.15, -0.1) is 4.99 Å². The van der Waals surface area contributed by atoms with Gasteiger partial charge < -0.3 is 23.7 Å². The average molecular weight is 558 g/mol. The van der Waals surface area contributed by atoms with Gasteiger partial charge in [0.15, 0.2) is 11.6 Å². The van der Waals surface area contributed by atoms with E-state index in [9.17, 15) is 24.3 Å². The number of aromatic hydroxyl groups is 1. The molecule has 0 aliphatic heterocycles. The monoisotopic (exact) mass is 557 g/mol. The normalized spacial score (nSPS) is 12.5. The largest absolute Gasteiger partial charge is 0.507 e.